The standard InChI is InChI=1S/C28H26N4/c1-20(25-16-14-22-9-3-5-12-27(22)30-25)32(19-24-11-7-8-18-29-24)21(2)26-17-15-23-10-4-6-13-28(23)31-26/h3-18,20-21H,19H2,1-2H3/t20-,21-/m1/s1. The Bertz CT molecular complexity index is 1260. The van der Waals surface area contributed by atoms with E-state index in [0.717, 1.165) is 38.9 Å². The molecule has 3 heterocycles. The number of rotatable bonds is 6. The maximum atomic E-state index is 4.98. The molecule has 0 unspecified atom stereocenters. The van der Waals surface area contributed by atoms with E-state index >= 15 is 0 Å². The minimum atomic E-state index is 0.0879. The second kappa shape index (κ2) is 8.85. The maximum absolute atomic E-state index is 4.98. The predicted octanol–water partition coefficient (Wildman–Crippen LogP) is 6.50. The van der Waals surface area contributed by atoms with Gasteiger partial charge < -0.3 is 0 Å². The van der Waals surface area contributed by atoms with Crippen LogP contribution in [0.1, 0.15) is 43.0 Å². The number of benzene rings is 2. The minimum Gasteiger partial charge on any atom is -0.281 e. The third-order valence-electron chi connectivity index (χ3n) is 6.16. The van der Waals surface area contributed by atoms with Gasteiger partial charge in [-0.1, -0.05) is 54.6 Å². The van der Waals surface area contributed by atoms with Gasteiger partial charge in [-0.05, 0) is 50.2 Å². The summed E-state index contributed by atoms with van der Waals surface area (Å²) >= 11 is 0. The smallest absolute Gasteiger partial charge is 0.0706 e. The predicted molar refractivity (Wildman–Crippen MR) is 130 cm³/mol. The van der Waals surface area contributed by atoms with Gasteiger partial charge >= 0.3 is 0 Å². The van der Waals surface area contributed by atoms with Crippen LogP contribution in [0.15, 0.2) is 97.2 Å². The van der Waals surface area contributed by atoms with Gasteiger partial charge in [0.05, 0.1) is 40.2 Å². The lowest BCUT2D eigenvalue weighted by Gasteiger charge is -2.34. The molecule has 0 amide bonds. The van der Waals surface area contributed by atoms with Crippen molar-refractivity contribution in [2.24, 2.45) is 0 Å². The van der Waals surface area contributed by atoms with Gasteiger partial charge in [0, 0.05) is 23.5 Å². The first-order valence-electron chi connectivity index (χ1n) is 11.1. The quantitative estimate of drug-likeness (QED) is 0.315. The monoisotopic (exact) mass is 418 g/mol. The first-order valence-corrected chi connectivity index (χ1v) is 11.1. The molecule has 5 aromatic rings. The zero-order chi connectivity index (χ0) is 21.9. The summed E-state index contributed by atoms with van der Waals surface area (Å²) in [7, 11) is 0. The van der Waals surface area contributed by atoms with Gasteiger partial charge in [-0.2, -0.15) is 0 Å². The molecule has 0 aliphatic heterocycles. The molecule has 2 aromatic carbocycles. The van der Waals surface area contributed by atoms with Crippen molar-refractivity contribution in [1.29, 1.82) is 0 Å². The normalized spacial score (nSPS) is 13.5. The number of nitrogens with zero attached hydrogens (tertiary/aromatic N) is 4. The van der Waals surface area contributed by atoms with E-state index in [9.17, 15) is 0 Å². The second-order valence-electron chi connectivity index (χ2n) is 8.20. The molecule has 0 saturated carbocycles. The summed E-state index contributed by atoms with van der Waals surface area (Å²) in [5, 5.41) is 2.31. The number of hydrogen-bond acceptors (Lipinski definition) is 4. The van der Waals surface area contributed by atoms with Crippen molar-refractivity contribution in [3.05, 3.63) is 114 Å². The average Bonchev–Trinajstić information content (AvgIpc) is 2.86. The summed E-state index contributed by atoms with van der Waals surface area (Å²) in [6.07, 6.45) is 1.85. The molecule has 158 valence electrons. The molecule has 0 aliphatic carbocycles. The SMILES string of the molecule is C[C@H](c1ccc2ccccc2n1)N(Cc1ccccn1)[C@H](C)c1ccc2ccccc2n1. The van der Waals surface area contributed by atoms with Gasteiger partial charge in [0.2, 0.25) is 0 Å². The molecule has 0 saturated heterocycles. The minimum absolute atomic E-state index is 0.0879. The molecular weight excluding hydrogens is 392 g/mol. The molecule has 4 heteroatoms. The van der Waals surface area contributed by atoms with Crippen LogP contribution in [0.3, 0.4) is 0 Å². The van der Waals surface area contributed by atoms with Crippen LogP contribution >= 0.6 is 0 Å². The van der Waals surface area contributed by atoms with E-state index in [1.165, 1.54) is 0 Å². The van der Waals surface area contributed by atoms with E-state index in [1.807, 2.05) is 42.6 Å². The van der Waals surface area contributed by atoms with Crippen molar-refractivity contribution in [3.63, 3.8) is 0 Å². The topological polar surface area (TPSA) is 41.9 Å². The van der Waals surface area contributed by atoms with E-state index in [-0.39, 0.29) is 12.1 Å². The second-order valence-corrected chi connectivity index (χ2v) is 8.20. The van der Waals surface area contributed by atoms with E-state index < -0.39 is 0 Å². The van der Waals surface area contributed by atoms with Gasteiger partial charge in [-0.25, -0.2) is 0 Å². The largest absolute Gasteiger partial charge is 0.281 e. The van der Waals surface area contributed by atoms with Crippen LogP contribution in [-0.2, 0) is 6.54 Å². The Labute approximate surface area is 188 Å². The summed E-state index contributed by atoms with van der Waals surface area (Å²) in [5.41, 5.74) is 5.17. The summed E-state index contributed by atoms with van der Waals surface area (Å²) in [4.78, 5) is 17.0. The van der Waals surface area contributed by atoms with Gasteiger partial charge in [-0.3, -0.25) is 19.9 Å². The highest BCUT2D eigenvalue weighted by Gasteiger charge is 2.25. The Morgan fingerprint density at radius 1 is 0.625 bits per heavy atom. The van der Waals surface area contributed by atoms with Crippen molar-refractivity contribution >= 4 is 21.8 Å². The molecular formula is C28H26N4. The Morgan fingerprint density at radius 2 is 1.16 bits per heavy atom. The summed E-state index contributed by atoms with van der Waals surface area (Å²) in [6.45, 7) is 5.15. The number of fused-ring (bicyclic) bond motifs is 2. The zero-order valence-corrected chi connectivity index (χ0v) is 18.4. The number of aromatic nitrogens is 3. The maximum Gasteiger partial charge on any atom is 0.0706 e. The first kappa shape index (κ1) is 20.3. The lowest BCUT2D eigenvalue weighted by molar-refractivity contribution is 0.137. The molecule has 0 fully saturated rings. The molecule has 0 spiro atoms. The van der Waals surface area contributed by atoms with Crippen molar-refractivity contribution in [3.8, 4) is 0 Å². The molecule has 0 aliphatic rings. The molecule has 0 N–H and O–H groups in total. The molecule has 2 atom stereocenters. The Balaban J connectivity index is 1.53. The lowest BCUT2D eigenvalue weighted by Crippen LogP contribution is -2.31. The lowest BCUT2D eigenvalue weighted by atomic mass is 10.0. The van der Waals surface area contributed by atoms with Crippen LogP contribution < -0.4 is 0 Å². The highest BCUT2D eigenvalue weighted by molar-refractivity contribution is 5.79. The van der Waals surface area contributed by atoms with E-state index in [1.54, 1.807) is 0 Å². The molecule has 32 heavy (non-hydrogen) atoms. The first-order chi connectivity index (χ1) is 15.7. The summed E-state index contributed by atoms with van der Waals surface area (Å²) < 4.78 is 0. The number of hydrogen-bond donors (Lipinski definition) is 0. The van der Waals surface area contributed by atoms with Gasteiger partial charge in [0.15, 0.2) is 0 Å². The fourth-order valence-corrected chi connectivity index (χ4v) is 4.26. The van der Waals surface area contributed by atoms with Gasteiger partial charge in [-0.15, -0.1) is 0 Å². The van der Waals surface area contributed by atoms with Gasteiger partial charge in [0.25, 0.3) is 0 Å². The third kappa shape index (κ3) is 4.10. The molecule has 3 aromatic heterocycles. The fourth-order valence-electron chi connectivity index (χ4n) is 4.26. The Morgan fingerprint density at radius 3 is 1.69 bits per heavy atom. The van der Waals surface area contributed by atoms with Crippen LogP contribution in [-0.4, -0.2) is 19.9 Å². The van der Waals surface area contributed by atoms with E-state index in [2.05, 4.69) is 78.3 Å². The highest BCUT2D eigenvalue weighted by Crippen LogP contribution is 2.32. The molecule has 5 rings (SSSR count). The fraction of sp³-hybridized carbons (Fsp3) is 0.179. The number of para-hydroxylation sites is 2. The average molecular weight is 419 g/mol. The van der Waals surface area contributed by atoms with Crippen molar-refractivity contribution in [2.75, 3.05) is 0 Å². The Kier molecular flexibility index (Phi) is 5.61. The van der Waals surface area contributed by atoms with E-state index in [4.69, 9.17) is 9.97 Å². The van der Waals surface area contributed by atoms with Crippen molar-refractivity contribution in [1.82, 2.24) is 19.9 Å². The summed E-state index contributed by atoms with van der Waals surface area (Å²) in [6, 6.07) is 31.4. The van der Waals surface area contributed by atoms with Crippen LogP contribution in [0.5, 0.6) is 0 Å². The molecule has 4 nitrogen and oxygen atoms in total. The zero-order valence-electron chi connectivity index (χ0n) is 18.4. The van der Waals surface area contributed by atoms with Crippen LogP contribution in [0.25, 0.3) is 21.8 Å². The highest BCUT2D eigenvalue weighted by atomic mass is 15.2. The van der Waals surface area contributed by atoms with Crippen LogP contribution in [0.4, 0.5) is 0 Å². The van der Waals surface area contributed by atoms with Crippen molar-refractivity contribution < 1.29 is 0 Å². The van der Waals surface area contributed by atoms with E-state index in [0.29, 0.717) is 6.54 Å². The molecule has 0 radical (unpaired) electrons. The van der Waals surface area contributed by atoms with Gasteiger partial charge in [0.1, 0.15) is 0 Å². The van der Waals surface area contributed by atoms with Crippen LogP contribution in [0, 0.1) is 0 Å². The third-order valence-corrected chi connectivity index (χ3v) is 6.16. The van der Waals surface area contributed by atoms with Crippen molar-refractivity contribution in [2.45, 2.75) is 32.5 Å². The summed E-state index contributed by atoms with van der Waals surface area (Å²) in [5.74, 6) is 0. The van der Waals surface area contributed by atoms with Crippen LogP contribution in [0.2, 0.25) is 0 Å². The number of pyridine rings is 3. The Hall–Kier alpha value is -3.63. The molecule has 0 bridgehead atoms.